The lowest BCUT2D eigenvalue weighted by Gasteiger charge is -2.21. The molecule has 1 unspecified atom stereocenters. The molecule has 0 saturated carbocycles. The fourth-order valence-electron chi connectivity index (χ4n) is 2.66. The smallest absolute Gasteiger partial charge is 0.239 e. The van der Waals surface area contributed by atoms with Gasteiger partial charge in [0.1, 0.15) is 0 Å². The van der Waals surface area contributed by atoms with Crippen molar-refractivity contribution >= 4 is 17.3 Å². The lowest BCUT2D eigenvalue weighted by atomic mass is 10.2. The van der Waals surface area contributed by atoms with E-state index < -0.39 is 0 Å². The lowest BCUT2D eigenvalue weighted by molar-refractivity contribution is -0.119. The average Bonchev–Trinajstić information content (AvgIpc) is 3.07. The number of nitrogens with one attached hydrogen (secondary N) is 2. The average molecular weight is 305 g/mol. The van der Waals surface area contributed by atoms with Crippen LogP contribution in [0.15, 0.2) is 24.3 Å². The zero-order chi connectivity index (χ0) is 15.8. The van der Waals surface area contributed by atoms with E-state index in [2.05, 4.69) is 41.5 Å². The minimum atomic E-state index is 0.00307. The van der Waals surface area contributed by atoms with Crippen molar-refractivity contribution in [3.8, 4) is 0 Å². The molecule has 1 aromatic rings. The van der Waals surface area contributed by atoms with Crippen LogP contribution in [0.5, 0.6) is 0 Å². The summed E-state index contributed by atoms with van der Waals surface area (Å²) in [5.41, 5.74) is 2.17. The fraction of sp³-hybridized carbons (Fsp3) is 0.588. The summed E-state index contributed by atoms with van der Waals surface area (Å²) in [5, 5.41) is 6.06. The Morgan fingerprint density at radius 2 is 2.00 bits per heavy atom. The molecule has 2 N–H and O–H groups in total. The van der Waals surface area contributed by atoms with Gasteiger partial charge in [0, 0.05) is 37.6 Å². The number of rotatable bonds is 8. The Balaban J connectivity index is 1.72. The second-order valence-corrected chi connectivity index (χ2v) is 5.51. The predicted octanol–water partition coefficient (Wildman–Crippen LogP) is 2.24. The molecular weight excluding hydrogens is 278 g/mol. The van der Waals surface area contributed by atoms with Crippen LogP contribution in [0.2, 0.25) is 0 Å². The van der Waals surface area contributed by atoms with Crippen molar-refractivity contribution in [1.29, 1.82) is 0 Å². The molecule has 0 aliphatic carbocycles. The number of ether oxygens (including phenoxy) is 1. The number of carbonyl (C=O) groups is 1. The van der Waals surface area contributed by atoms with Crippen LogP contribution >= 0.6 is 0 Å². The van der Waals surface area contributed by atoms with Crippen molar-refractivity contribution in [2.24, 2.45) is 0 Å². The topological polar surface area (TPSA) is 53.6 Å². The van der Waals surface area contributed by atoms with E-state index in [1.54, 1.807) is 0 Å². The zero-order valence-corrected chi connectivity index (χ0v) is 13.6. The van der Waals surface area contributed by atoms with E-state index in [0.717, 1.165) is 38.2 Å². The summed E-state index contributed by atoms with van der Waals surface area (Å²) in [7, 11) is 0. The van der Waals surface area contributed by atoms with Crippen molar-refractivity contribution < 1.29 is 9.53 Å². The van der Waals surface area contributed by atoms with Gasteiger partial charge in [0.15, 0.2) is 0 Å². The second-order valence-electron chi connectivity index (χ2n) is 5.51. The maximum Gasteiger partial charge on any atom is 0.239 e. The summed E-state index contributed by atoms with van der Waals surface area (Å²) in [5.74, 6) is 0.00307. The van der Waals surface area contributed by atoms with Crippen LogP contribution in [0.4, 0.5) is 11.4 Å². The van der Waals surface area contributed by atoms with Crippen molar-refractivity contribution in [3.63, 3.8) is 0 Å². The third-order valence-electron chi connectivity index (χ3n) is 4.00. The Bertz CT molecular complexity index is 451. The number of hydrogen-bond donors (Lipinski definition) is 2. The molecule has 5 nitrogen and oxygen atoms in total. The maximum absolute atomic E-state index is 11.8. The quantitative estimate of drug-likeness (QED) is 0.773. The molecule has 0 bridgehead atoms. The molecular formula is C17H27N3O2. The van der Waals surface area contributed by atoms with E-state index in [-0.39, 0.29) is 18.6 Å². The first-order valence-corrected chi connectivity index (χ1v) is 8.20. The van der Waals surface area contributed by atoms with E-state index in [4.69, 9.17) is 4.74 Å². The normalized spacial score (nSPS) is 17.3. The first kappa shape index (κ1) is 16.6. The molecule has 0 aromatic heterocycles. The summed E-state index contributed by atoms with van der Waals surface area (Å²) in [6.45, 7) is 8.00. The molecule has 2 rings (SSSR count). The highest BCUT2D eigenvalue weighted by Crippen LogP contribution is 2.17. The predicted molar refractivity (Wildman–Crippen MR) is 90.5 cm³/mol. The van der Waals surface area contributed by atoms with E-state index in [0.29, 0.717) is 6.54 Å². The monoisotopic (exact) mass is 305 g/mol. The SMILES string of the molecule is CCN(CC)c1ccc(NCC(=O)NCC2CCCO2)cc1. The number of anilines is 2. The Kier molecular flexibility index (Phi) is 6.52. The first-order valence-electron chi connectivity index (χ1n) is 8.20. The summed E-state index contributed by atoms with van der Waals surface area (Å²) in [4.78, 5) is 14.1. The van der Waals surface area contributed by atoms with Crippen LogP contribution in [-0.2, 0) is 9.53 Å². The van der Waals surface area contributed by atoms with Gasteiger partial charge in [-0.25, -0.2) is 0 Å². The highest BCUT2D eigenvalue weighted by molar-refractivity contribution is 5.80. The fourth-order valence-corrected chi connectivity index (χ4v) is 2.66. The molecule has 1 aliphatic rings. The van der Waals surface area contributed by atoms with Gasteiger partial charge in [0.25, 0.3) is 0 Å². The molecule has 22 heavy (non-hydrogen) atoms. The molecule has 1 heterocycles. The number of nitrogens with zero attached hydrogens (tertiary/aromatic N) is 1. The Morgan fingerprint density at radius 3 is 2.59 bits per heavy atom. The van der Waals surface area contributed by atoms with Gasteiger partial charge in [-0.05, 0) is 51.0 Å². The highest BCUT2D eigenvalue weighted by atomic mass is 16.5. The van der Waals surface area contributed by atoms with E-state index >= 15 is 0 Å². The van der Waals surface area contributed by atoms with Gasteiger partial charge in [-0.3, -0.25) is 4.79 Å². The van der Waals surface area contributed by atoms with Gasteiger partial charge in [-0.2, -0.15) is 0 Å². The zero-order valence-electron chi connectivity index (χ0n) is 13.6. The molecule has 0 radical (unpaired) electrons. The van der Waals surface area contributed by atoms with Gasteiger partial charge in [0.05, 0.1) is 12.6 Å². The summed E-state index contributed by atoms with van der Waals surface area (Å²) in [6.07, 6.45) is 2.33. The van der Waals surface area contributed by atoms with Gasteiger partial charge in [-0.1, -0.05) is 0 Å². The molecule has 1 aromatic carbocycles. The number of hydrogen-bond acceptors (Lipinski definition) is 4. The van der Waals surface area contributed by atoms with Crippen molar-refractivity contribution in [2.45, 2.75) is 32.8 Å². The summed E-state index contributed by atoms with van der Waals surface area (Å²) < 4.78 is 5.48. The molecule has 1 fully saturated rings. The van der Waals surface area contributed by atoms with Crippen LogP contribution in [0.3, 0.4) is 0 Å². The minimum Gasteiger partial charge on any atom is -0.376 e. The largest absolute Gasteiger partial charge is 0.376 e. The third kappa shape index (κ3) is 4.91. The van der Waals surface area contributed by atoms with E-state index in [1.807, 2.05) is 12.1 Å². The molecule has 1 amide bonds. The lowest BCUT2D eigenvalue weighted by Crippen LogP contribution is -2.35. The minimum absolute atomic E-state index is 0.00307. The summed E-state index contributed by atoms with van der Waals surface area (Å²) >= 11 is 0. The van der Waals surface area contributed by atoms with Crippen LogP contribution < -0.4 is 15.5 Å². The molecule has 5 heteroatoms. The molecule has 0 spiro atoms. The van der Waals surface area contributed by atoms with Crippen LogP contribution in [0.25, 0.3) is 0 Å². The van der Waals surface area contributed by atoms with Crippen LogP contribution in [0.1, 0.15) is 26.7 Å². The van der Waals surface area contributed by atoms with Crippen LogP contribution in [-0.4, -0.2) is 44.8 Å². The third-order valence-corrected chi connectivity index (χ3v) is 4.00. The van der Waals surface area contributed by atoms with Gasteiger partial charge >= 0.3 is 0 Å². The molecule has 1 aliphatic heterocycles. The number of carbonyl (C=O) groups excluding carboxylic acids is 1. The Labute approximate surface area is 133 Å². The Hall–Kier alpha value is -1.75. The van der Waals surface area contributed by atoms with Crippen LogP contribution in [0, 0.1) is 0 Å². The second kappa shape index (κ2) is 8.63. The van der Waals surface area contributed by atoms with Crippen molar-refractivity contribution in [2.75, 3.05) is 43.0 Å². The summed E-state index contributed by atoms with van der Waals surface area (Å²) in [6, 6.07) is 8.20. The highest BCUT2D eigenvalue weighted by Gasteiger charge is 2.15. The first-order chi connectivity index (χ1) is 10.7. The van der Waals surface area contributed by atoms with Crippen molar-refractivity contribution in [1.82, 2.24) is 5.32 Å². The van der Waals surface area contributed by atoms with E-state index in [9.17, 15) is 4.79 Å². The van der Waals surface area contributed by atoms with Gasteiger partial charge in [0.2, 0.25) is 5.91 Å². The molecule has 1 atom stereocenters. The number of amides is 1. The maximum atomic E-state index is 11.8. The number of benzene rings is 1. The molecule has 122 valence electrons. The van der Waals surface area contributed by atoms with E-state index in [1.165, 1.54) is 5.69 Å². The Morgan fingerprint density at radius 1 is 1.27 bits per heavy atom. The standard InChI is InChI=1S/C17H27N3O2/c1-3-20(4-2)15-9-7-14(8-10-15)18-13-17(21)19-12-16-6-5-11-22-16/h7-10,16,18H,3-6,11-13H2,1-2H3,(H,19,21). The van der Waals surface area contributed by atoms with Gasteiger partial charge < -0.3 is 20.3 Å². The molecule has 1 saturated heterocycles. The van der Waals surface area contributed by atoms with Gasteiger partial charge in [-0.15, -0.1) is 0 Å². The van der Waals surface area contributed by atoms with Crippen molar-refractivity contribution in [3.05, 3.63) is 24.3 Å².